The minimum atomic E-state index is -3.43. The van der Waals surface area contributed by atoms with Crippen molar-refractivity contribution in [3.05, 3.63) is 65.7 Å². The second kappa shape index (κ2) is 8.42. The molecule has 0 saturated carbocycles. The standard InChI is InChI=1S/C24H31N3O2S/c28-30(29,24-8-2-1-3-9-24)25-15-23-14-20-11-13-27(23)18-22(20)17-26-12-10-19-6-4-5-7-21(19)16-26/h1-9,20,22-23,25H,10-18H2/t20-,22-,23+/m0/s1. The monoisotopic (exact) mass is 425 g/mol. The molecule has 1 N–H and O–H groups in total. The first kappa shape index (κ1) is 20.2. The summed E-state index contributed by atoms with van der Waals surface area (Å²) in [4.78, 5) is 5.50. The van der Waals surface area contributed by atoms with Gasteiger partial charge in [-0.25, -0.2) is 13.1 Å². The van der Waals surface area contributed by atoms with Crippen LogP contribution in [0, 0.1) is 11.8 Å². The Morgan fingerprint density at radius 2 is 1.73 bits per heavy atom. The highest BCUT2D eigenvalue weighted by atomic mass is 32.2. The Morgan fingerprint density at radius 3 is 2.50 bits per heavy atom. The van der Waals surface area contributed by atoms with E-state index in [1.807, 2.05) is 6.07 Å². The van der Waals surface area contributed by atoms with Crippen LogP contribution in [-0.2, 0) is 23.0 Å². The van der Waals surface area contributed by atoms with Gasteiger partial charge in [-0.2, -0.15) is 0 Å². The SMILES string of the molecule is O=S(=O)(NC[C@H]1C[C@@H]2CCN1C[C@@H]2CN1CCc2ccccc2C1)c1ccccc1. The molecule has 3 saturated heterocycles. The first-order valence-electron chi connectivity index (χ1n) is 11.2. The van der Waals surface area contributed by atoms with Crippen LogP contribution in [-0.4, -0.2) is 57.0 Å². The van der Waals surface area contributed by atoms with Gasteiger partial charge in [-0.15, -0.1) is 0 Å². The molecule has 0 aliphatic carbocycles. The average molecular weight is 426 g/mol. The summed E-state index contributed by atoms with van der Waals surface area (Å²) in [6.45, 7) is 6.10. The Balaban J connectivity index is 1.17. The molecule has 6 heteroatoms. The molecule has 0 aromatic heterocycles. The van der Waals surface area contributed by atoms with Crippen molar-refractivity contribution in [1.82, 2.24) is 14.5 Å². The van der Waals surface area contributed by atoms with Gasteiger partial charge >= 0.3 is 0 Å². The molecule has 0 radical (unpaired) electrons. The van der Waals surface area contributed by atoms with E-state index in [0.717, 1.165) is 45.6 Å². The fraction of sp³-hybridized carbons (Fsp3) is 0.500. The van der Waals surface area contributed by atoms with E-state index in [1.165, 1.54) is 17.5 Å². The summed E-state index contributed by atoms with van der Waals surface area (Å²) in [7, 11) is -3.43. The molecule has 160 valence electrons. The Labute approximate surface area is 180 Å². The summed E-state index contributed by atoms with van der Waals surface area (Å²) in [5.74, 6) is 1.41. The van der Waals surface area contributed by atoms with Crippen LogP contribution in [0.4, 0.5) is 0 Å². The molecule has 2 aromatic carbocycles. The molecule has 0 amide bonds. The number of piperidine rings is 3. The number of hydrogen-bond donors (Lipinski definition) is 1. The maximum atomic E-state index is 12.6. The van der Waals surface area contributed by atoms with Crippen molar-refractivity contribution in [1.29, 1.82) is 0 Å². The average Bonchev–Trinajstić information content (AvgIpc) is 2.79. The summed E-state index contributed by atoms with van der Waals surface area (Å²) in [5, 5.41) is 0. The van der Waals surface area contributed by atoms with Crippen LogP contribution in [0.15, 0.2) is 59.5 Å². The fourth-order valence-corrected chi connectivity index (χ4v) is 6.69. The quantitative estimate of drug-likeness (QED) is 0.773. The van der Waals surface area contributed by atoms with Crippen LogP contribution in [0.5, 0.6) is 0 Å². The fourth-order valence-electron chi connectivity index (χ4n) is 5.60. The number of rotatable bonds is 6. The summed E-state index contributed by atoms with van der Waals surface area (Å²) < 4.78 is 28.0. The van der Waals surface area contributed by atoms with Gasteiger partial charge in [-0.1, -0.05) is 42.5 Å². The lowest BCUT2D eigenvalue weighted by Gasteiger charge is -2.51. The van der Waals surface area contributed by atoms with Gasteiger partial charge in [-0.05, 0) is 60.9 Å². The molecule has 4 aliphatic heterocycles. The number of nitrogens with one attached hydrogen (secondary N) is 1. The third-order valence-corrected chi connectivity index (χ3v) is 8.72. The van der Waals surface area contributed by atoms with Crippen molar-refractivity contribution in [3.8, 4) is 0 Å². The van der Waals surface area contributed by atoms with Crippen LogP contribution in [0.2, 0.25) is 0 Å². The molecule has 4 aliphatic rings. The minimum Gasteiger partial charge on any atom is -0.299 e. The van der Waals surface area contributed by atoms with Crippen molar-refractivity contribution in [2.45, 2.75) is 36.7 Å². The molecule has 3 fully saturated rings. The number of nitrogens with zero attached hydrogens (tertiary/aromatic N) is 2. The second-order valence-electron chi connectivity index (χ2n) is 9.11. The van der Waals surface area contributed by atoms with Crippen LogP contribution < -0.4 is 4.72 Å². The van der Waals surface area contributed by atoms with Crippen molar-refractivity contribution in [3.63, 3.8) is 0 Å². The van der Waals surface area contributed by atoms with Gasteiger partial charge in [0.25, 0.3) is 0 Å². The van der Waals surface area contributed by atoms with Crippen LogP contribution in [0.1, 0.15) is 24.0 Å². The van der Waals surface area contributed by atoms with Gasteiger partial charge in [0, 0.05) is 38.8 Å². The molecule has 2 bridgehead atoms. The number of sulfonamides is 1. The Morgan fingerprint density at radius 1 is 0.967 bits per heavy atom. The first-order valence-corrected chi connectivity index (χ1v) is 12.6. The minimum absolute atomic E-state index is 0.320. The zero-order chi connectivity index (χ0) is 20.6. The lowest BCUT2D eigenvalue weighted by molar-refractivity contribution is -0.0118. The topological polar surface area (TPSA) is 52.7 Å². The smallest absolute Gasteiger partial charge is 0.240 e. The highest BCUT2D eigenvalue weighted by Gasteiger charge is 2.41. The van der Waals surface area contributed by atoms with Crippen molar-refractivity contribution >= 4 is 10.0 Å². The maximum absolute atomic E-state index is 12.6. The zero-order valence-corrected chi connectivity index (χ0v) is 18.2. The molecule has 2 aromatic rings. The molecular weight excluding hydrogens is 394 g/mol. The first-order chi connectivity index (χ1) is 14.6. The highest BCUT2D eigenvalue weighted by Crippen LogP contribution is 2.37. The van der Waals surface area contributed by atoms with E-state index in [9.17, 15) is 8.42 Å². The second-order valence-corrected chi connectivity index (χ2v) is 10.9. The lowest BCUT2D eigenvalue weighted by atomic mass is 9.75. The molecular formula is C24H31N3O2S. The summed E-state index contributed by atoms with van der Waals surface area (Å²) >= 11 is 0. The van der Waals surface area contributed by atoms with E-state index in [-0.39, 0.29) is 0 Å². The van der Waals surface area contributed by atoms with E-state index in [4.69, 9.17) is 0 Å². The molecule has 4 heterocycles. The molecule has 4 atom stereocenters. The van der Waals surface area contributed by atoms with Gasteiger partial charge < -0.3 is 0 Å². The molecule has 0 spiro atoms. The third kappa shape index (κ3) is 4.19. The van der Waals surface area contributed by atoms with Crippen molar-refractivity contribution < 1.29 is 8.42 Å². The number of benzene rings is 2. The Bertz CT molecular complexity index is 979. The summed E-state index contributed by atoms with van der Waals surface area (Å²) in [6.07, 6.45) is 3.50. The van der Waals surface area contributed by atoms with Gasteiger partial charge in [0.2, 0.25) is 10.0 Å². The number of fused-ring (bicyclic) bond motifs is 4. The van der Waals surface area contributed by atoms with Crippen molar-refractivity contribution in [2.24, 2.45) is 11.8 Å². The summed E-state index contributed by atoms with van der Waals surface area (Å²) in [6, 6.07) is 17.8. The normalized spacial score (nSPS) is 28.9. The molecule has 5 nitrogen and oxygen atoms in total. The van der Waals surface area contributed by atoms with E-state index in [0.29, 0.717) is 29.3 Å². The highest BCUT2D eigenvalue weighted by molar-refractivity contribution is 7.89. The van der Waals surface area contributed by atoms with Gasteiger partial charge in [0.1, 0.15) is 0 Å². The van der Waals surface area contributed by atoms with Crippen LogP contribution >= 0.6 is 0 Å². The lowest BCUT2D eigenvalue weighted by Crippen LogP contribution is -2.58. The van der Waals surface area contributed by atoms with E-state index in [1.54, 1.807) is 24.3 Å². The Kier molecular flexibility index (Phi) is 5.67. The third-order valence-electron chi connectivity index (χ3n) is 7.28. The van der Waals surface area contributed by atoms with Crippen LogP contribution in [0.25, 0.3) is 0 Å². The zero-order valence-electron chi connectivity index (χ0n) is 17.4. The molecule has 6 rings (SSSR count). The van der Waals surface area contributed by atoms with Gasteiger partial charge in [0.15, 0.2) is 0 Å². The summed E-state index contributed by atoms with van der Waals surface area (Å²) in [5.41, 5.74) is 2.99. The number of hydrogen-bond acceptors (Lipinski definition) is 4. The van der Waals surface area contributed by atoms with E-state index >= 15 is 0 Å². The van der Waals surface area contributed by atoms with E-state index < -0.39 is 10.0 Å². The predicted octanol–water partition coefficient (Wildman–Crippen LogP) is 2.73. The predicted molar refractivity (Wildman–Crippen MR) is 119 cm³/mol. The Hall–Kier alpha value is -1.73. The van der Waals surface area contributed by atoms with Gasteiger partial charge in [0.05, 0.1) is 4.90 Å². The van der Waals surface area contributed by atoms with Crippen molar-refractivity contribution in [2.75, 3.05) is 32.7 Å². The maximum Gasteiger partial charge on any atom is 0.240 e. The largest absolute Gasteiger partial charge is 0.299 e. The molecule has 30 heavy (non-hydrogen) atoms. The van der Waals surface area contributed by atoms with E-state index in [2.05, 4.69) is 38.8 Å². The van der Waals surface area contributed by atoms with Gasteiger partial charge in [-0.3, -0.25) is 9.80 Å². The van der Waals surface area contributed by atoms with Crippen LogP contribution in [0.3, 0.4) is 0 Å². The molecule has 1 unspecified atom stereocenters.